The van der Waals surface area contributed by atoms with Gasteiger partial charge in [-0.25, -0.2) is 4.39 Å². The van der Waals surface area contributed by atoms with Crippen molar-refractivity contribution in [2.24, 2.45) is 0 Å². The van der Waals surface area contributed by atoms with E-state index in [0.29, 0.717) is 0 Å². The number of aliphatic hydroxyl groups excluding tert-OH is 1. The van der Waals surface area contributed by atoms with E-state index in [9.17, 15) is 14.3 Å². The summed E-state index contributed by atoms with van der Waals surface area (Å²) in [6, 6.07) is 12.1. The van der Waals surface area contributed by atoms with Gasteiger partial charge in [0.05, 0.1) is 23.2 Å². The Morgan fingerprint density at radius 3 is 2.55 bits per heavy atom. The van der Waals surface area contributed by atoms with Crippen molar-refractivity contribution in [2.45, 2.75) is 6.04 Å². The highest BCUT2D eigenvalue weighted by molar-refractivity contribution is 6.33. The Bertz CT molecular complexity index is 604. The van der Waals surface area contributed by atoms with Crippen LogP contribution in [0.2, 0.25) is 5.02 Å². The van der Waals surface area contributed by atoms with Gasteiger partial charge in [0.25, 0.3) is 5.91 Å². The van der Waals surface area contributed by atoms with Crippen LogP contribution in [-0.4, -0.2) is 17.6 Å². The molecule has 0 radical (unpaired) electrons. The van der Waals surface area contributed by atoms with E-state index in [1.807, 2.05) is 18.2 Å². The SMILES string of the molecule is O=C(N[C@H](CO)c1ccccc1)c1ccc(F)cc1Cl. The van der Waals surface area contributed by atoms with Gasteiger partial charge in [0.15, 0.2) is 0 Å². The minimum absolute atomic E-state index is 0.0345. The second kappa shape index (κ2) is 6.50. The third-order valence-electron chi connectivity index (χ3n) is 2.87. The summed E-state index contributed by atoms with van der Waals surface area (Å²) in [5, 5.41) is 12.1. The van der Waals surface area contributed by atoms with E-state index < -0.39 is 17.8 Å². The lowest BCUT2D eigenvalue weighted by Crippen LogP contribution is -2.31. The molecule has 0 aliphatic heterocycles. The maximum Gasteiger partial charge on any atom is 0.253 e. The largest absolute Gasteiger partial charge is 0.394 e. The van der Waals surface area contributed by atoms with Crippen molar-refractivity contribution >= 4 is 17.5 Å². The van der Waals surface area contributed by atoms with Gasteiger partial charge >= 0.3 is 0 Å². The van der Waals surface area contributed by atoms with E-state index in [0.717, 1.165) is 17.7 Å². The number of hydrogen-bond donors (Lipinski definition) is 2. The van der Waals surface area contributed by atoms with Gasteiger partial charge in [-0.3, -0.25) is 4.79 Å². The molecule has 0 aliphatic rings. The van der Waals surface area contributed by atoms with Gasteiger partial charge in [-0.1, -0.05) is 41.9 Å². The van der Waals surface area contributed by atoms with Crippen LogP contribution in [0.3, 0.4) is 0 Å². The van der Waals surface area contributed by atoms with E-state index in [1.165, 1.54) is 6.07 Å². The predicted octanol–water partition coefficient (Wildman–Crippen LogP) is 2.94. The second-order valence-electron chi connectivity index (χ2n) is 4.24. The molecule has 0 aliphatic carbocycles. The number of amides is 1. The number of benzene rings is 2. The summed E-state index contributed by atoms with van der Waals surface area (Å²) >= 11 is 5.83. The highest BCUT2D eigenvalue weighted by Gasteiger charge is 2.17. The molecule has 0 spiro atoms. The highest BCUT2D eigenvalue weighted by atomic mass is 35.5. The first-order valence-corrected chi connectivity index (χ1v) is 6.41. The Kier molecular flexibility index (Phi) is 4.71. The minimum atomic E-state index is -0.537. The molecule has 0 aromatic heterocycles. The van der Waals surface area contributed by atoms with E-state index >= 15 is 0 Å². The summed E-state index contributed by atoms with van der Waals surface area (Å²) in [5.41, 5.74) is 0.948. The molecule has 3 nitrogen and oxygen atoms in total. The van der Waals surface area contributed by atoms with E-state index in [1.54, 1.807) is 12.1 Å². The smallest absolute Gasteiger partial charge is 0.253 e. The summed E-state index contributed by atoms with van der Waals surface area (Å²) in [6.07, 6.45) is 0. The van der Waals surface area contributed by atoms with Crippen molar-refractivity contribution in [3.63, 3.8) is 0 Å². The number of aliphatic hydroxyl groups is 1. The number of rotatable bonds is 4. The normalized spacial score (nSPS) is 11.9. The third kappa shape index (κ3) is 3.35. The Labute approximate surface area is 121 Å². The summed E-state index contributed by atoms with van der Waals surface area (Å²) in [6.45, 7) is -0.242. The molecule has 104 valence electrons. The van der Waals surface area contributed by atoms with Crippen molar-refractivity contribution in [1.82, 2.24) is 5.32 Å². The molecule has 2 rings (SSSR count). The molecule has 1 amide bonds. The Morgan fingerprint density at radius 2 is 1.95 bits per heavy atom. The van der Waals surface area contributed by atoms with Gasteiger partial charge < -0.3 is 10.4 Å². The van der Waals surface area contributed by atoms with Crippen LogP contribution >= 0.6 is 11.6 Å². The van der Waals surface area contributed by atoms with Gasteiger partial charge in [-0.05, 0) is 23.8 Å². The Hall–Kier alpha value is -1.91. The highest BCUT2D eigenvalue weighted by Crippen LogP contribution is 2.19. The topological polar surface area (TPSA) is 49.3 Å². The van der Waals surface area contributed by atoms with Crippen LogP contribution in [0.25, 0.3) is 0 Å². The molecule has 2 N–H and O–H groups in total. The Balaban J connectivity index is 2.17. The van der Waals surface area contributed by atoms with Crippen molar-refractivity contribution in [2.75, 3.05) is 6.61 Å². The molecule has 1 atom stereocenters. The molecular weight excluding hydrogens is 281 g/mol. The van der Waals surface area contributed by atoms with Crippen molar-refractivity contribution in [3.8, 4) is 0 Å². The molecule has 0 unspecified atom stereocenters. The monoisotopic (exact) mass is 293 g/mol. The zero-order valence-corrected chi connectivity index (χ0v) is 11.3. The summed E-state index contributed by atoms with van der Waals surface area (Å²) in [4.78, 5) is 12.1. The molecule has 5 heteroatoms. The molecule has 2 aromatic carbocycles. The molecule has 0 saturated carbocycles. The van der Waals surface area contributed by atoms with Gasteiger partial charge in [-0.2, -0.15) is 0 Å². The average molecular weight is 294 g/mol. The summed E-state index contributed by atoms with van der Waals surface area (Å²) in [7, 11) is 0. The second-order valence-corrected chi connectivity index (χ2v) is 4.65. The van der Waals surface area contributed by atoms with Crippen LogP contribution in [0.15, 0.2) is 48.5 Å². The van der Waals surface area contributed by atoms with Crippen LogP contribution in [0.4, 0.5) is 4.39 Å². The quantitative estimate of drug-likeness (QED) is 0.910. The number of carbonyl (C=O) groups excluding carboxylic acids is 1. The lowest BCUT2D eigenvalue weighted by atomic mass is 10.1. The van der Waals surface area contributed by atoms with E-state index in [-0.39, 0.29) is 17.2 Å². The predicted molar refractivity (Wildman–Crippen MR) is 75.1 cm³/mol. The molecule has 0 saturated heterocycles. The molecule has 2 aromatic rings. The maximum absolute atomic E-state index is 12.9. The molecule has 0 bridgehead atoms. The first kappa shape index (κ1) is 14.5. The van der Waals surface area contributed by atoms with Crippen LogP contribution < -0.4 is 5.32 Å². The van der Waals surface area contributed by atoms with Crippen LogP contribution in [0.1, 0.15) is 22.0 Å². The number of carbonyl (C=O) groups is 1. The standard InChI is InChI=1S/C15H13ClFNO2/c16-13-8-11(17)6-7-12(13)15(20)18-14(9-19)10-4-2-1-3-5-10/h1-8,14,19H,9H2,(H,18,20)/t14-/m1/s1. The van der Waals surface area contributed by atoms with Gasteiger partial charge in [0, 0.05) is 0 Å². The van der Waals surface area contributed by atoms with Crippen LogP contribution in [0, 0.1) is 5.82 Å². The van der Waals surface area contributed by atoms with Gasteiger partial charge in [0.1, 0.15) is 5.82 Å². The molecule has 0 fully saturated rings. The molecular formula is C15H13ClFNO2. The first-order chi connectivity index (χ1) is 9.61. The van der Waals surface area contributed by atoms with E-state index in [4.69, 9.17) is 11.6 Å². The summed E-state index contributed by atoms with van der Waals surface area (Å²) < 4.78 is 12.9. The fourth-order valence-electron chi connectivity index (χ4n) is 1.83. The summed E-state index contributed by atoms with van der Waals surface area (Å²) in [5.74, 6) is -0.966. The minimum Gasteiger partial charge on any atom is -0.394 e. The van der Waals surface area contributed by atoms with E-state index in [2.05, 4.69) is 5.32 Å². The maximum atomic E-state index is 12.9. The van der Waals surface area contributed by atoms with Crippen molar-refractivity contribution in [3.05, 3.63) is 70.5 Å². The average Bonchev–Trinajstić information content (AvgIpc) is 2.45. The molecule has 0 heterocycles. The number of hydrogen-bond acceptors (Lipinski definition) is 2. The number of nitrogens with one attached hydrogen (secondary N) is 1. The van der Waals surface area contributed by atoms with Crippen molar-refractivity contribution < 1.29 is 14.3 Å². The Morgan fingerprint density at radius 1 is 1.25 bits per heavy atom. The zero-order valence-electron chi connectivity index (χ0n) is 10.5. The van der Waals surface area contributed by atoms with Crippen molar-refractivity contribution in [1.29, 1.82) is 0 Å². The fraction of sp³-hybridized carbons (Fsp3) is 0.133. The number of halogens is 2. The first-order valence-electron chi connectivity index (χ1n) is 6.03. The third-order valence-corrected chi connectivity index (χ3v) is 3.18. The van der Waals surface area contributed by atoms with Gasteiger partial charge in [-0.15, -0.1) is 0 Å². The fourth-order valence-corrected chi connectivity index (χ4v) is 2.08. The zero-order chi connectivity index (χ0) is 14.5. The van der Waals surface area contributed by atoms with Crippen LogP contribution in [-0.2, 0) is 0 Å². The van der Waals surface area contributed by atoms with Gasteiger partial charge in [0.2, 0.25) is 0 Å². The van der Waals surface area contributed by atoms with Crippen LogP contribution in [0.5, 0.6) is 0 Å². The molecule has 20 heavy (non-hydrogen) atoms. The lowest BCUT2D eigenvalue weighted by Gasteiger charge is -2.17. The lowest BCUT2D eigenvalue weighted by molar-refractivity contribution is 0.0916.